The standard InChI is InChI=1S/C25H24N4O3S/c1-31-21-14-8-9-15-22(21)32-17-23-27-28-25(29(23)20-12-6-3-7-13-20)33-18-24(30)26-16-19-10-4-2-5-11-19/h2-15H,16-18H2,1H3,(H,26,30). The number of aromatic nitrogens is 3. The molecule has 1 amide bonds. The number of rotatable bonds is 10. The van der Waals surface area contributed by atoms with E-state index in [4.69, 9.17) is 9.47 Å². The molecule has 0 aliphatic carbocycles. The number of carbonyl (C=O) groups is 1. The van der Waals surface area contributed by atoms with E-state index < -0.39 is 0 Å². The van der Waals surface area contributed by atoms with Gasteiger partial charge >= 0.3 is 0 Å². The van der Waals surface area contributed by atoms with E-state index in [1.807, 2.05) is 89.5 Å². The van der Waals surface area contributed by atoms with Gasteiger partial charge in [0.05, 0.1) is 12.9 Å². The van der Waals surface area contributed by atoms with Crippen molar-refractivity contribution in [1.29, 1.82) is 0 Å². The smallest absolute Gasteiger partial charge is 0.230 e. The SMILES string of the molecule is COc1ccccc1OCc1nnc(SCC(=O)NCc2ccccc2)n1-c1ccccc1. The highest BCUT2D eigenvalue weighted by Crippen LogP contribution is 2.28. The van der Waals surface area contributed by atoms with Crippen LogP contribution in [-0.4, -0.2) is 33.5 Å². The molecule has 33 heavy (non-hydrogen) atoms. The molecule has 0 atom stereocenters. The second kappa shape index (κ2) is 11.2. The fourth-order valence-corrected chi connectivity index (χ4v) is 3.98. The van der Waals surface area contributed by atoms with Crippen LogP contribution >= 0.6 is 11.8 Å². The summed E-state index contributed by atoms with van der Waals surface area (Å²) in [4.78, 5) is 12.4. The molecule has 1 aromatic heterocycles. The molecule has 0 radical (unpaired) electrons. The first-order chi connectivity index (χ1) is 16.2. The molecule has 3 aromatic carbocycles. The number of hydrogen-bond acceptors (Lipinski definition) is 6. The van der Waals surface area contributed by atoms with Crippen molar-refractivity contribution < 1.29 is 14.3 Å². The van der Waals surface area contributed by atoms with Crippen molar-refractivity contribution in [3.05, 3.63) is 96.3 Å². The Morgan fingerprint density at radius 1 is 0.909 bits per heavy atom. The fraction of sp³-hybridized carbons (Fsp3) is 0.160. The molecule has 7 nitrogen and oxygen atoms in total. The molecule has 1 N–H and O–H groups in total. The van der Waals surface area contributed by atoms with Gasteiger partial charge in [0.2, 0.25) is 5.91 Å². The summed E-state index contributed by atoms with van der Waals surface area (Å²) >= 11 is 1.33. The third-order valence-corrected chi connectivity index (χ3v) is 5.73. The van der Waals surface area contributed by atoms with Crippen LogP contribution in [0.1, 0.15) is 11.4 Å². The lowest BCUT2D eigenvalue weighted by Gasteiger charge is -2.12. The molecule has 0 saturated heterocycles. The molecule has 0 saturated carbocycles. The van der Waals surface area contributed by atoms with Crippen molar-refractivity contribution in [3.63, 3.8) is 0 Å². The Kier molecular flexibility index (Phi) is 7.60. The van der Waals surface area contributed by atoms with Gasteiger partial charge in [-0.1, -0.05) is 72.4 Å². The van der Waals surface area contributed by atoms with Gasteiger partial charge in [0.15, 0.2) is 22.5 Å². The highest BCUT2D eigenvalue weighted by Gasteiger charge is 2.17. The van der Waals surface area contributed by atoms with Crippen LogP contribution in [0.25, 0.3) is 5.69 Å². The lowest BCUT2D eigenvalue weighted by molar-refractivity contribution is -0.118. The zero-order chi connectivity index (χ0) is 22.9. The average Bonchev–Trinajstić information content (AvgIpc) is 3.29. The van der Waals surface area contributed by atoms with E-state index in [9.17, 15) is 4.79 Å². The molecule has 0 bridgehead atoms. The molecule has 4 aromatic rings. The zero-order valence-electron chi connectivity index (χ0n) is 18.2. The summed E-state index contributed by atoms with van der Waals surface area (Å²) < 4.78 is 13.2. The maximum Gasteiger partial charge on any atom is 0.230 e. The Morgan fingerprint density at radius 2 is 1.58 bits per heavy atom. The van der Waals surface area contributed by atoms with Crippen LogP contribution in [0.4, 0.5) is 0 Å². The minimum absolute atomic E-state index is 0.0710. The molecule has 8 heteroatoms. The van der Waals surface area contributed by atoms with E-state index in [0.29, 0.717) is 29.0 Å². The molecule has 0 aliphatic rings. The van der Waals surface area contributed by atoms with E-state index in [-0.39, 0.29) is 18.3 Å². The number of ether oxygens (including phenoxy) is 2. The second-order valence-electron chi connectivity index (χ2n) is 7.06. The molecule has 0 unspecified atom stereocenters. The molecule has 0 aliphatic heterocycles. The van der Waals surface area contributed by atoms with E-state index in [0.717, 1.165) is 11.3 Å². The molecule has 0 spiro atoms. The van der Waals surface area contributed by atoms with Crippen molar-refractivity contribution >= 4 is 17.7 Å². The number of nitrogens with zero attached hydrogens (tertiary/aromatic N) is 3. The highest BCUT2D eigenvalue weighted by molar-refractivity contribution is 7.99. The lowest BCUT2D eigenvalue weighted by Crippen LogP contribution is -2.24. The molecule has 1 heterocycles. The summed E-state index contributed by atoms with van der Waals surface area (Å²) in [6, 6.07) is 27.0. The van der Waals surface area contributed by atoms with Crippen LogP contribution in [0, 0.1) is 0 Å². The molecule has 168 valence electrons. The van der Waals surface area contributed by atoms with Gasteiger partial charge in [-0.15, -0.1) is 10.2 Å². The Hall–Kier alpha value is -3.78. The van der Waals surface area contributed by atoms with Crippen molar-refractivity contribution in [3.8, 4) is 17.2 Å². The largest absolute Gasteiger partial charge is 0.493 e. The molecular weight excluding hydrogens is 436 g/mol. The number of amides is 1. The average molecular weight is 461 g/mol. The Labute approximate surface area is 196 Å². The zero-order valence-corrected chi connectivity index (χ0v) is 19.0. The Morgan fingerprint density at radius 3 is 2.30 bits per heavy atom. The van der Waals surface area contributed by atoms with Gasteiger partial charge in [-0.2, -0.15) is 0 Å². The summed E-state index contributed by atoms with van der Waals surface area (Å²) in [5, 5.41) is 12.2. The molecule has 0 fully saturated rings. The number of carbonyl (C=O) groups excluding carboxylic acids is 1. The van der Waals surface area contributed by atoms with Gasteiger partial charge in [-0.25, -0.2) is 0 Å². The van der Waals surface area contributed by atoms with Gasteiger partial charge in [0, 0.05) is 12.2 Å². The Bertz CT molecular complexity index is 1180. The van der Waals surface area contributed by atoms with Crippen LogP contribution < -0.4 is 14.8 Å². The molecular formula is C25H24N4O3S. The minimum atomic E-state index is -0.0710. The lowest BCUT2D eigenvalue weighted by atomic mass is 10.2. The first-order valence-electron chi connectivity index (χ1n) is 10.4. The van der Waals surface area contributed by atoms with E-state index in [1.165, 1.54) is 11.8 Å². The maximum atomic E-state index is 12.4. The van der Waals surface area contributed by atoms with Gasteiger partial charge < -0.3 is 14.8 Å². The predicted octanol–water partition coefficient (Wildman–Crippen LogP) is 4.26. The van der Waals surface area contributed by atoms with Gasteiger partial charge in [0.1, 0.15) is 6.61 Å². The number of methoxy groups -OCH3 is 1. The monoisotopic (exact) mass is 460 g/mol. The minimum Gasteiger partial charge on any atom is -0.493 e. The van der Waals surface area contributed by atoms with Crippen molar-refractivity contribution in [2.24, 2.45) is 0 Å². The van der Waals surface area contributed by atoms with Gasteiger partial charge in [-0.05, 0) is 29.8 Å². The van der Waals surface area contributed by atoms with E-state index >= 15 is 0 Å². The van der Waals surface area contributed by atoms with E-state index in [1.54, 1.807) is 7.11 Å². The van der Waals surface area contributed by atoms with Crippen molar-refractivity contribution in [2.45, 2.75) is 18.3 Å². The molecule has 4 rings (SSSR count). The fourth-order valence-electron chi connectivity index (χ4n) is 3.18. The van der Waals surface area contributed by atoms with Crippen LogP contribution in [0.3, 0.4) is 0 Å². The van der Waals surface area contributed by atoms with Crippen LogP contribution in [0.2, 0.25) is 0 Å². The van der Waals surface area contributed by atoms with Crippen LogP contribution in [-0.2, 0) is 17.9 Å². The Balaban J connectivity index is 1.46. The predicted molar refractivity (Wildman–Crippen MR) is 128 cm³/mol. The summed E-state index contributed by atoms with van der Waals surface area (Å²) in [7, 11) is 1.60. The third kappa shape index (κ3) is 5.93. The van der Waals surface area contributed by atoms with Crippen LogP contribution in [0.15, 0.2) is 90.1 Å². The van der Waals surface area contributed by atoms with Gasteiger partial charge in [0.25, 0.3) is 0 Å². The summed E-state index contributed by atoms with van der Waals surface area (Å²) in [5.41, 5.74) is 1.95. The maximum absolute atomic E-state index is 12.4. The van der Waals surface area contributed by atoms with E-state index in [2.05, 4.69) is 15.5 Å². The quantitative estimate of drug-likeness (QED) is 0.356. The highest BCUT2D eigenvalue weighted by atomic mass is 32.2. The number of benzene rings is 3. The summed E-state index contributed by atoms with van der Waals surface area (Å²) in [5.74, 6) is 2.05. The van der Waals surface area contributed by atoms with Gasteiger partial charge in [-0.3, -0.25) is 9.36 Å². The normalized spacial score (nSPS) is 10.6. The first-order valence-corrected chi connectivity index (χ1v) is 11.4. The summed E-state index contributed by atoms with van der Waals surface area (Å²) in [6.07, 6.45) is 0. The second-order valence-corrected chi connectivity index (χ2v) is 8.00. The first kappa shape index (κ1) is 22.4. The van der Waals surface area contributed by atoms with Crippen molar-refractivity contribution in [2.75, 3.05) is 12.9 Å². The van der Waals surface area contributed by atoms with Crippen molar-refractivity contribution in [1.82, 2.24) is 20.1 Å². The third-order valence-electron chi connectivity index (χ3n) is 4.81. The topological polar surface area (TPSA) is 78.3 Å². The number of nitrogens with one attached hydrogen (secondary N) is 1. The number of thioether (sulfide) groups is 1. The number of hydrogen-bond donors (Lipinski definition) is 1. The van der Waals surface area contributed by atoms with Crippen LogP contribution in [0.5, 0.6) is 11.5 Å². The number of para-hydroxylation sites is 3. The summed E-state index contributed by atoms with van der Waals surface area (Å²) in [6.45, 7) is 0.687.